The highest BCUT2D eigenvalue weighted by molar-refractivity contribution is 9.10. The summed E-state index contributed by atoms with van der Waals surface area (Å²) in [5.74, 6) is 0. The summed E-state index contributed by atoms with van der Waals surface area (Å²) in [6.07, 6.45) is 4.50. The summed E-state index contributed by atoms with van der Waals surface area (Å²) in [6, 6.07) is 19.1. The van der Waals surface area contributed by atoms with Crippen molar-refractivity contribution in [1.82, 2.24) is 0 Å². The number of allylic oxidation sites excluding steroid dienone is 2. The van der Waals surface area contributed by atoms with Crippen LogP contribution in [-0.2, 0) is 6.42 Å². The van der Waals surface area contributed by atoms with Crippen LogP contribution < -0.4 is 0 Å². The Hall–Kier alpha value is -1.34. The zero-order chi connectivity index (χ0) is 12.8. The number of halogens is 1. The van der Waals surface area contributed by atoms with Crippen molar-refractivity contribution in [2.75, 3.05) is 0 Å². The smallest absolute Gasteiger partial charge is 0.0181 e. The fourth-order valence-electron chi connectivity index (χ4n) is 1.95. The zero-order valence-corrected chi connectivity index (χ0v) is 12.2. The van der Waals surface area contributed by atoms with E-state index in [0.29, 0.717) is 0 Å². The maximum absolute atomic E-state index is 3.51. The van der Waals surface area contributed by atoms with Crippen molar-refractivity contribution in [3.63, 3.8) is 0 Å². The predicted octanol–water partition coefficient (Wildman–Crippen LogP) is 5.49. The van der Waals surface area contributed by atoms with Crippen LogP contribution in [0, 0.1) is 0 Å². The Balaban J connectivity index is 1.97. The van der Waals surface area contributed by atoms with Crippen LogP contribution in [0.15, 0.2) is 65.1 Å². The van der Waals surface area contributed by atoms with Crippen molar-refractivity contribution in [1.29, 1.82) is 0 Å². The maximum Gasteiger partial charge on any atom is 0.0181 e. The molecule has 92 valence electrons. The van der Waals surface area contributed by atoms with Crippen LogP contribution in [0.3, 0.4) is 0 Å². The Bertz CT molecular complexity index is 526. The quantitative estimate of drug-likeness (QED) is 0.701. The van der Waals surface area contributed by atoms with E-state index in [-0.39, 0.29) is 0 Å². The summed E-state index contributed by atoms with van der Waals surface area (Å²) < 4.78 is 1.14. The van der Waals surface area contributed by atoms with E-state index in [4.69, 9.17) is 0 Å². The maximum atomic E-state index is 3.51. The molecule has 0 aliphatic heterocycles. The van der Waals surface area contributed by atoms with Crippen LogP contribution in [0.5, 0.6) is 0 Å². The first-order chi connectivity index (χ1) is 8.75. The van der Waals surface area contributed by atoms with E-state index in [9.17, 15) is 0 Å². The Kier molecular flexibility index (Phi) is 4.77. The van der Waals surface area contributed by atoms with Crippen molar-refractivity contribution in [3.05, 3.63) is 76.3 Å². The molecule has 2 rings (SSSR count). The third kappa shape index (κ3) is 3.85. The monoisotopic (exact) mass is 300 g/mol. The van der Waals surface area contributed by atoms with E-state index in [0.717, 1.165) is 17.3 Å². The van der Waals surface area contributed by atoms with E-state index >= 15 is 0 Å². The molecule has 0 nitrogen and oxygen atoms in total. The Morgan fingerprint density at radius 3 is 2.56 bits per heavy atom. The molecule has 0 fully saturated rings. The number of hydrogen-bond acceptors (Lipinski definition) is 0. The van der Waals surface area contributed by atoms with Gasteiger partial charge in [-0.2, -0.15) is 0 Å². The second-order valence-corrected chi connectivity index (χ2v) is 5.34. The average molecular weight is 301 g/mol. The lowest BCUT2D eigenvalue weighted by atomic mass is 10.0. The molecule has 0 atom stereocenters. The third-order valence-corrected chi connectivity index (χ3v) is 3.50. The summed E-state index contributed by atoms with van der Waals surface area (Å²) >= 11 is 3.51. The van der Waals surface area contributed by atoms with Crippen molar-refractivity contribution < 1.29 is 0 Å². The number of rotatable bonds is 4. The molecular weight excluding hydrogens is 284 g/mol. The summed E-state index contributed by atoms with van der Waals surface area (Å²) in [4.78, 5) is 0. The van der Waals surface area contributed by atoms with Gasteiger partial charge in [-0.3, -0.25) is 0 Å². The Labute approximate surface area is 117 Å². The van der Waals surface area contributed by atoms with Gasteiger partial charge in [0.05, 0.1) is 0 Å². The van der Waals surface area contributed by atoms with Crippen molar-refractivity contribution >= 4 is 21.5 Å². The lowest BCUT2D eigenvalue weighted by Crippen LogP contribution is -1.84. The minimum atomic E-state index is 1.09. The van der Waals surface area contributed by atoms with Crippen LogP contribution in [0.1, 0.15) is 24.5 Å². The minimum Gasteiger partial charge on any atom is -0.0807 e. The number of benzene rings is 2. The highest BCUT2D eigenvalue weighted by atomic mass is 79.9. The molecule has 0 radical (unpaired) electrons. The van der Waals surface area contributed by atoms with E-state index < -0.39 is 0 Å². The van der Waals surface area contributed by atoms with Crippen LogP contribution in [0.2, 0.25) is 0 Å². The largest absolute Gasteiger partial charge is 0.0807 e. The molecular formula is C17H17Br. The first-order valence-corrected chi connectivity index (χ1v) is 7.01. The summed E-state index contributed by atoms with van der Waals surface area (Å²) in [6.45, 7) is 2.17. The van der Waals surface area contributed by atoms with Crippen molar-refractivity contribution in [3.8, 4) is 0 Å². The predicted molar refractivity (Wildman–Crippen MR) is 82.6 cm³/mol. The average Bonchev–Trinajstić information content (AvgIpc) is 2.40. The normalized spacial score (nSPS) is 11.6. The molecule has 0 aliphatic carbocycles. The molecule has 0 aromatic heterocycles. The standard InChI is InChI=1S/C17H17Br/c1-14(16-11-6-12-17(18)13-16)7-5-10-15-8-3-2-4-9-15/h2-4,6-9,11-13H,5,10H2,1H3. The first-order valence-electron chi connectivity index (χ1n) is 6.22. The second-order valence-electron chi connectivity index (χ2n) is 4.42. The van der Waals surface area contributed by atoms with Gasteiger partial charge in [0, 0.05) is 4.47 Å². The molecule has 1 heteroatoms. The molecule has 0 amide bonds. The molecule has 0 aliphatic rings. The van der Waals surface area contributed by atoms with Crippen LogP contribution in [0.4, 0.5) is 0 Å². The summed E-state index contributed by atoms with van der Waals surface area (Å²) in [7, 11) is 0. The topological polar surface area (TPSA) is 0 Å². The van der Waals surface area contributed by atoms with Gasteiger partial charge < -0.3 is 0 Å². The van der Waals surface area contributed by atoms with E-state index in [1.807, 2.05) is 0 Å². The van der Waals surface area contributed by atoms with Gasteiger partial charge in [0.1, 0.15) is 0 Å². The van der Waals surface area contributed by atoms with E-state index in [1.54, 1.807) is 0 Å². The molecule has 0 spiro atoms. The molecule has 0 bridgehead atoms. The Morgan fingerprint density at radius 2 is 1.83 bits per heavy atom. The molecule has 2 aromatic carbocycles. The van der Waals surface area contributed by atoms with Crippen LogP contribution >= 0.6 is 15.9 Å². The van der Waals surface area contributed by atoms with Gasteiger partial charge in [-0.25, -0.2) is 0 Å². The number of aryl methyl sites for hydroxylation is 1. The highest BCUT2D eigenvalue weighted by Crippen LogP contribution is 2.19. The molecule has 0 heterocycles. The van der Waals surface area contributed by atoms with Crippen LogP contribution in [0.25, 0.3) is 5.57 Å². The zero-order valence-electron chi connectivity index (χ0n) is 10.6. The van der Waals surface area contributed by atoms with Gasteiger partial charge in [0.15, 0.2) is 0 Å². The first kappa shape index (κ1) is 13.1. The summed E-state index contributed by atoms with van der Waals surface area (Å²) in [5, 5.41) is 0. The highest BCUT2D eigenvalue weighted by Gasteiger charge is 1.96. The minimum absolute atomic E-state index is 1.09. The van der Waals surface area contributed by atoms with Gasteiger partial charge in [-0.1, -0.05) is 64.5 Å². The van der Waals surface area contributed by atoms with Crippen LogP contribution in [-0.4, -0.2) is 0 Å². The van der Waals surface area contributed by atoms with Gasteiger partial charge >= 0.3 is 0 Å². The molecule has 0 unspecified atom stereocenters. The lowest BCUT2D eigenvalue weighted by Gasteiger charge is -2.03. The molecule has 0 N–H and O–H groups in total. The molecule has 18 heavy (non-hydrogen) atoms. The van der Waals surface area contributed by atoms with Crippen molar-refractivity contribution in [2.24, 2.45) is 0 Å². The third-order valence-electron chi connectivity index (χ3n) is 3.01. The molecule has 2 aromatic rings. The second kappa shape index (κ2) is 6.55. The SMILES string of the molecule is CC(=CCCc1ccccc1)c1cccc(Br)c1. The van der Waals surface area contributed by atoms with Gasteiger partial charge in [0.25, 0.3) is 0 Å². The van der Waals surface area contributed by atoms with Gasteiger partial charge in [-0.05, 0) is 48.6 Å². The fourth-order valence-corrected chi connectivity index (χ4v) is 2.35. The van der Waals surface area contributed by atoms with Gasteiger partial charge in [0.2, 0.25) is 0 Å². The molecule has 0 saturated carbocycles. The summed E-state index contributed by atoms with van der Waals surface area (Å²) in [5.41, 5.74) is 4.03. The number of hydrogen-bond donors (Lipinski definition) is 0. The Morgan fingerprint density at radius 1 is 1.06 bits per heavy atom. The van der Waals surface area contributed by atoms with E-state index in [2.05, 4.69) is 83.5 Å². The van der Waals surface area contributed by atoms with E-state index in [1.165, 1.54) is 16.7 Å². The van der Waals surface area contributed by atoms with Crippen molar-refractivity contribution in [2.45, 2.75) is 19.8 Å². The molecule has 0 saturated heterocycles. The lowest BCUT2D eigenvalue weighted by molar-refractivity contribution is 1.00. The fraction of sp³-hybridized carbons (Fsp3) is 0.176. The van der Waals surface area contributed by atoms with Gasteiger partial charge in [-0.15, -0.1) is 0 Å².